The first kappa shape index (κ1) is 13.5. The van der Waals surface area contributed by atoms with Crippen molar-refractivity contribution in [3.63, 3.8) is 0 Å². The minimum absolute atomic E-state index is 0.189. The van der Waals surface area contributed by atoms with E-state index in [4.69, 9.17) is 10.7 Å². The fourth-order valence-corrected chi connectivity index (χ4v) is 2.59. The molecule has 0 radical (unpaired) electrons. The van der Waals surface area contributed by atoms with E-state index in [-0.39, 0.29) is 11.0 Å². The van der Waals surface area contributed by atoms with Crippen LogP contribution in [0.5, 0.6) is 0 Å². The number of aryl methyl sites for hydroxylation is 1. The van der Waals surface area contributed by atoms with E-state index in [2.05, 4.69) is 32.8 Å². The summed E-state index contributed by atoms with van der Waals surface area (Å²) in [4.78, 5) is 4.80. The maximum absolute atomic E-state index is 6.30. The van der Waals surface area contributed by atoms with E-state index in [0.29, 0.717) is 5.92 Å². The van der Waals surface area contributed by atoms with Gasteiger partial charge in [0.05, 0.1) is 0 Å². The Hall–Kier alpha value is -0.900. The van der Waals surface area contributed by atoms with Crippen molar-refractivity contribution in [2.24, 2.45) is 12.8 Å². The molecule has 1 aliphatic rings. The fourth-order valence-electron chi connectivity index (χ4n) is 2.59. The molecule has 18 heavy (non-hydrogen) atoms. The van der Waals surface area contributed by atoms with Gasteiger partial charge in [0.1, 0.15) is 5.82 Å². The van der Waals surface area contributed by atoms with Crippen LogP contribution in [0.25, 0.3) is 0 Å². The fraction of sp³-hybridized carbons (Fsp3) is 0.857. The molecule has 0 aliphatic heterocycles. The molecule has 0 spiro atoms. The summed E-state index contributed by atoms with van der Waals surface area (Å²) in [6, 6.07) is 0. The second-order valence-electron chi connectivity index (χ2n) is 6.75. The maximum Gasteiger partial charge on any atom is 0.154 e. The van der Waals surface area contributed by atoms with Crippen molar-refractivity contribution in [1.29, 1.82) is 0 Å². The lowest BCUT2D eigenvalue weighted by Gasteiger charge is -2.37. The first-order chi connectivity index (χ1) is 8.23. The molecule has 4 heteroatoms. The van der Waals surface area contributed by atoms with E-state index in [1.165, 1.54) is 25.7 Å². The normalized spacial score (nSPS) is 18.6. The number of aromatic nitrogens is 3. The van der Waals surface area contributed by atoms with Gasteiger partial charge in [-0.25, -0.2) is 4.98 Å². The zero-order valence-electron chi connectivity index (χ0n) is 12.3. The van der Waals surface area contributed by atoms with Crippen LogP contribution in [0.2, 0.25) is 0 Å². The molecule has 1 aromatic heterocycles. The highest BCUT2D eigenvalue weighted by Gasteiger charge is 2.39. The molecule has 2 N–H and O–H groups in total. The monoisotopic (exact) mass is 250 g/mol. The second-order valence-corrected chi connectivity index (χ2v) is 6.75. The summed E-state index contributed by atoms with van der Waals surface area (Å²) in [7, 11) is 1.98. The molecule has 1 fully saturated rings. The molecule has 0 saturated heterocycles. The van der Waals surface area contributed by atoms with E-state index in [0.717, 1.165) is 11.6 Å². The number of hydrogen-bond donors (Lipinski definition) is 1. The number of nitrogens with zero attached hydrogens (tertiary/aromatic N) is 3. The van der Waals surface area contributed by atoms with Crippen LogP contribution in [0.1, 0.15) is 70.9 Å². The standard InChI is InChI=1S/C14H26N4/c1-13(2,14(3,4)15)12-16-11(17-18(12)5)10-8-6-7-9-10/h10H,6-9,15H2,1-5H3. The van der Waals surface area contributed by atoms with E-state index in [1.807, 2.05) is 11.7 Å². The van der Waals surface area contributed by atoms with Gasteiger partial charge in [-0.3, -0.25) is 4.68 Å². The van der Waals surface area contributed by atoms with Crippen LogP contribution in [-0.4, -0.2) is 20.3 Å². The van der Waals surface area contributed by atoms with Gasteiger partial charge < -0.3 is 5.73 Å². The Balaban J connectivity index is 2.34. The lowest BCUT2D eigenvalue weighted by Crippen LogP contribution is -2.51. The highest BCUT2D eigenvalue weighted by atomic mass is 15.3. The van der Waals surface area contributed by atoms with E-state index >= 15 is 0 Å². The van der Waals surface area contributed by atoms with Crippen LogP contribution in [-0.2, 0) is 12.5 Å². The topological polar surface area (TPSA) is 56.7 Å². The third-order valence-corrected chi connectivity index (χ3v) is 4.67. The van der Waals surface area contributed by atoms with Crippen molar-refractivity contribution < 1.29 is 0 Å². The van der Waals surface area contributed by atoms with Gasteiger partial charge in [-0.05, 0) is 26.7 Å². The molecule has 1 aromatic rings. The number of rotatable bonds is 3. The van der Waals surface area contributed by atoms with Crippen LogP contribution >= 0.6 is 0 Å². The Morgan fingerprint density at radius 3 is 2.22 bits per heavy atom. The van der Waals surface area contributed by atoms with E-state index < -0.39 is 0 Å². The van der Waals surface area contributed by atoms with Crippen molar-refractivity contribution in [2.45, 2.75) is 70.3 Å². The molecule has 0 aromatic carbocycles. The van der Waals surface area contributed by atoms with E-state index in [9.17, 15) is 0 Å². The van der Waals surface area contributed by atoms with Crippen molar-refractivity contribution in [1.82, 2.24) is 14.8 Å². The van der Waals surface area contributed by atoms with Crippen molar-refractivity contribution in [3.05, 3.63) is 11.6 Å². The largest absolute Gasteiger partial charge is 0.325 e. The van der Waals surface area contributed by atoms with Gasteiger partial charge in [0.25, 0.3) is 0 Å². The molecule has 2 rings (SSSR count). The summed E-state index contributed by atoms with van der Waals surface area (Å²) < 4.78 is 1.92. The van der Waals surface area contributed by atoms with Crippen LogP contribution < -0.4 is 5.73 Å². The number of hydrogen-bond acceptors (Lipinski definition) is 3. The second kappa shape index (κ2) is 4.34. The molecule has 4 nitrogen and oxygen atoms in total. The van der Waals surface area contributed by atoms with Gasteiger partial charge in [-0.15, -0.1) is 0 Å². The average Bonchev–Trinajstić information content (AvgIpc) is 2.83. The Morgan fingerprint density at radius 1 is 1.17 bits per heavy atom. The first-order valence-electron chi connectivity index (χ1n) is 6.94. The summed E-state index contributed by atoms with van der Waals surface area (Å²) in [5.41, 5.74) is 5.79. The van der Waals surface area contributed by atoms with Crippen LogP contribution in [0.3, 0.4) is 0 Å². The van der Waals surface area contributed by atoms with Crippen molar-refractivity contribution in [2.75, 3.05) is 0 Å². The smallest absolute Gasteiger partial charge is 0.154 e. The summed E-state index contributed by atoms with van der Waals surface area (Å²) in [6.07, 6.45) is 5.08. The molecule has 0 atom stereocenters. The van der Waals surface area contributed by atoms with Gasteiger partial charge in [0, 0.05) is 23.9 Å². The molecule has 1 heterocycles. The van der Waals surface area contributed by atoms with Gasteiger partial charge in [0.15, 0.2) is 5.82 Å². The van der Waals surface area contributed by atoms with Crippen LogP contribution in [0, 0.1) is 0 Å². The Bertz CT molecular complexity index is 419. The molecule has 1 saturated carbocycles. The molecule has 0 unspecified atom stereocenters. The van der Waals surface area contributed by atoms with Gasteiger partial charge in [-0.1, -0.05) is 26.7 Å². The summed E-state index contributed by atoms with van der Waals surface area (Å²) in [6.45, 7) is 8.40. The lowest BCUT2D eigenvalue weighted by atomic mass is 9.74. The first-order valence-corrected chi connectivity index (χ1v) is 6.94. The summed E-state index contributed by atoms with van der Waals surface area (Å²) in [5, 5.41) is 4.62. The third-order valence-electron chi connectivity index (χ3n) is 4.67. The Morgan fingerprint density at radius 2 is 1.72 bits per heavy atom. The predicted molar refractivity (Wildman–Crippen MR) is 73.5 cm³/mol. The van der Waals surface area contributed by atoms with Crippen LogP contribution in [0.4, 0.5) is 0 Å². The Kier molecular flexibility index (Phi) is 3.26. The molecular weight excluding hydrogens is 224 g/mol. The molecular formula is C14H26N4. The van der Waals surface area contributed by atoms with Gasteiger partial charge in [-0.2, -0.15) is 5.10 Å². The quantitative estimate of drug-likeness (QED) is 0.896. The van der Waals surface area contributed by atoms with Crippen molar-refractivity contribution in [3.8, 4) is 0 Å². The minimum Gasteiger partial charge on any atom is -0.325 e. The highest BCUT2D eigenvalue weighted by molar-refractivity contribution is 5.16. The number of nitrogens with two attached hydrogens (primary N) is 1. The SMILES string of the molecule is Cn1nc(C2CCCC2)nc1C(C)(C)C(C)(C)N. The molecule has 0 amide bonds. The maximum atomic E-state index is 6.30. The predicted octanol–water partition coefficient (Wildman–Crippen LogP) is 2.49. The third kappa shape index (κ3) is 2.18. The zero-order valence-corrected chi connectivity index (χ0v) is 12.3. The average molecular weight is 250 g/mol. The summed E-state index contributed by atoms with van der Waals surface area (Å²) >= 11 is 0. The molecule has 0 bridgehead atoms. The zero-order chi connectivity index (χ0) is 13.6. The Labute approximate surface area is 110 Å². The van der Waals surface area contributed by atoms with Gasteiger partial charge >= 0.3 is 0 Å². The molecule has 1 aliphatic carbocycles. The minimum atomic E-state index is -0.319. The van der Waals surface area contributed by atoms with Crippen molar-refractivity contribution >= 4 is 0 Å². The molecule has 102 valence electrons. The van der Waals surface area contributed by atoms with Crippen LogP contribution in [0.15, 0.2) is 0 Å². The summed E-state index contributed by atoms with van der Waals surface area (Å²) in [5.74, 6) is 2.57. The van der Waals surface area contributed by atoms with E-state index in [1.54, 1.807) is 0 Å². The lowest BCUT2D eigenvalue weighted by molar-refractivity contribution is 0.282. The van der Waals surface area contributed by atoms with Gasteiger partial charge in [0.2, 0.25) is 0 Å². The highest BCUT2D eigenvalue weighted by Crippen LogP contribution is 2.35.